The third-order valence-electron chi connectivity index (χ3n) is 7.55. The summed E-state index contributed by atoms with van der Waals surface area (Å²) in [4.78, 5) is 30.7. The van der Waals surface area contributed by atoms with Gasteiger partial charge >= 0.3 is 5.97 Å². The molecule has 0 spiro atoms. The predicted octanol–water partition coefficient (Wildman–Crippen LogP) is 2.90. The van der Waals surface area contributed by atoms with E-state index in [1.54, 1.807) is 0 Å². The number of hydrogen-bond acceptors (Lipinski definition) is 5. The molecule has 2 aliphatic heterocycles. The predicted molar refractivity (Wildman–Crippen MR) is 119 cm³/mol. The van der Waals surface area contributed by atoms with Crippen molar-refractivity contribution in [1.29, 1.82) is 0 Å². The van der Waals surface area contributed by atoms with E-state index >= 15 is 0 Å². The van der Waals surface area contributed by atoms with Crippen LogP contribution in [0.5, 0.6) is 0 Å². The number of amides is 1. The lowest BCUT2D eigenvalue weighted by atomic mass is 9.61. The van der Waals surface area contributed by atoms with E-state index in [1.165, 1.54) is 5.56 Å². The SMILES string of the molecule is CCOC(=O)[C@@]12CC[C@@H](N3CCOCC3)C[C@H]1CCN(C(=O)CCc1ccccc1)C2. The average molecular weight is 429 g/mol. The van der Waals surface area contributed by atoms with Gasteiger partial charge in [0.2, 0.25) is 5.91 Å². The lowest BCUT2D eigenvalue weighted by Gasteiger charge is -2.52. The molecule has 0 bridgehead atoms. The molecule has 2 saturated heterocycles. The summed E-state index contributed by atoms with van der Waals surface area (Å²) in [5.74, 6) is 0.341. The lowest BCUT2D eigenvalue weighted by molar-refractivity contribution is -0.171. The zero-order valence-corrected chi connectivity index (χ0v) is 18.8. The van der Waals surface area contributed by atoms with Crippen LogP contribution in [-0.2, 0) is 25.5 Å². The Kier molecular flexibility index (Phi) is 7.28. The van der Waals surface area contributed by atoms with Gasteiger partial charge in [0.05, 0.1) is 25.2 Å². The second kappa shape index (κ2) is 10.1. The van der Waals surface area contributed by atoms with Gasteiger partial charge < -0.3 is 14.4 Å². The summed E-state index contributed by atoms with van der Waals surface area (Å²) in [6, 6.07) is 10.6. The third-order valence-corrected chi connectivity index (χ3v) is 7.55. The van der Waals surface area contributed by atoms with E-state index in [9.17, 15) is 9.59 Å². The van der Waals surface area contributed by atoms with Gasteiger partial charge in [-0.15, -0.1) is 0 Å². The fraction of sp³-hybridized carbons (Fsp3) is 0.680. The number of nitrogens with zero attached hydrogens (tertiary/aromatic N) is 2. The Morgan fingerprint density at radius 2 is 1.90 bits per heavy atom. The minimum Gasteiger partial charge on any atom is -0.466 e. The monoisotopic (exact) mass is 428 g/mol. The van der Waals surface area contributed by atoms with Gasteiger partial charge in [-0.2, -0.15) is 0 Å². The summed E-state index contributed by atoms with van der Waals surface area (Å²) >= 11 is 0. The van der Waals surface area contributed by atoms with Gasteiger partial charge in [0.15, 0.2) is 0 Å². The molecular weight excluding hydrogens is 392 g/mol. The van der Waals surface area contributed by atoms with Gasteiger partial charge in [-0.25, -0.2) is 0 Å². The number of aryl methyl sites for hydroxylation is 1. The maximum atomic E-state index is 13.2. The number of rotatable bonds is 6. The van der Waals surface area contributed by atoms with Gasteiger partial charge in [0.25, 0.3) is 0 Å². The van der Waals surface area contributed by atoms with E-state index in [1.807, 2.05) is 30.0 Å². The van der Waals surface area contributed by atoms with E-state index in [0.717, 1.165) is 65.0 Å². The highest BCUT2D eigenvalue weighted by Gasteiger charge is 2.54. The van der Waals surface area contributed by atoms with Crippen LogP contribution in [0.15, 0.2) is 30.3 Å². The van der Waals surface area contributed by atoms with Crippen molar-refractivity contribution in [1.82, 2.24) is 9.80 Å². The first-order valence-corrected chi connectivity index (χ1v) is 11.9. The Labute approximate surface area is 185 Å². The molecule has 0 radical (unpaired) electrons. The van der Waals surface area contributed by atoms with E-state index in [2.05, 4.69) is 17.0 Å². The van der Waals surface area contributed by atoms with Crippen LogP contribution in [0, 0.1) is 11.3 Å². The normalized spacial score (nSPS) is 29.3. The molecule has 170 valence electrons. The van der Waals surface area contributed by atoms with Gasteiger partial charge in [-0.05, 0) is 50.5 Å². The number of morpholine rings is 1. The number of carbonyl (C=O) groups is 2. The number of ether oxygens (including phenoxy) is 2. The maximum absolute atomic E-state index is 13.2. The highest BCUT2D eigenvalue weighted by molar-refractivity contribution is 5.81. The van der Waals surface area contributed by atoms with Crippen molar-refractivity contribution < 1.29 is 19.1 Å². The summed E-state index contributed by atoms with van der Waals surface area (Å²) in [5, 5.41) is 0. The second-order valence-electron chi connectivity index (χ2n) is 9.24. The van der Waals surface area contributed by atoms with Crippen LogP contribution in [0.2, 0.25) is 0 Å². The summed E-state index contributed by atoms with van der Waals surface area (Å²) in [7, 11) is 0. The first-order chi connectivity index (χ1) is 15.1. The fourth-order valence-electron chi connectivity index (χ4n) is 5.78. The lowest BCUT2D eigenvalue weighted by Crippen LogP contribution is -2.59. The molecule has 0 N–H and O–H groups in total. The van der Waals surface area contributed by atoms with Gasteiger partial charge in [0.1, 0.15) is 0 Å². The van der Waals surface area contributed by atoms with Crippen molar-refractivity contribution in [2.24, 2.45) is 11.3 Å². The van der Waals surface area contributed by atoms with E-state index in [-0.39, 0.29) is 17.8 Å². The van der Waals surface area contributed by atoms with Crippen LogP contribution in [0.25, 0.3) is 0 Å². The Morgan fingerprint density at radius 1 is 1.13 bits per heavy atom. The molecule has 31 heavy (non-hydrogen) atoms. The van der Waals surface area contributed by atoms with Crippen LogP contribution in [0.1, 0.15) is 44.6 Å². The summed E-state index contributed by atoms with van der Waals surface area (Å²) in [6.07, 6.45) is 4.93. The molecule has 6 heteroatoms. The number of piperidine rings is 1. The Morgan fingerprint density at radius 3 is 2.65 bits per heavy atom. The molecule has 1 aromatic rings. The Bertz CT molecular complexity index is 749. The van der Waals surface area contributed by atoms with Crippen LogP contribution in [0.4, 0.5) is 0 Å². The van der Waals surface area contributed by atoms with Crippen molar-refractivity contribution in [2.75, 3.05) is 46.0 Å². The summed E-state index contributed by atoms with van der Waals surface area (Å²) in [5.41, 5.74) is 0.635. The van der Waals surface area contributed by atoms with Gasteiger partial charge in [-0.1, -0.05) is 30.3 Å². The molecule has 1 saturated carbocycles. The first kappa shape index (κ1) is 22.3. The van der Waals surface area contributed by atoms with Crippen LogP contribution >= 0.6 is 0 Å². The van der Waals surface area contributed by atoms with Crippen molar-refractivity contribution in [3.8, 4) is 0 Å². The molecule has 0 aromatic heterocycles. The Hall–Kier alpha value is -1.92. The van der Waals surface area contributed by atoms with Crippen LogP contribution in [-0.4, -0.2) is 73.7 Å². The molecule has 3 fully saturated rings. The molecule has 0 unspecified atom stereocenters. The molecule has 1 aliphatic carbocycles. The first-order valence-electron chi connectivity index (χ1n) is 11.9. The highest BCUT2D eigenvalue weighted by atomic mass is 16.5. The molecule has 1 aromatic carbocycles. The van der Waals surface area contributed by atoms with E-state index in [4.69, 9.17) is 9.47 Å². The van der Waals surface area contributed by atoms with Crippen molar-refractivity contribution >= 4 is 11.9 Å². The van der Waals surface area contributed by atoms with E-state index < -0.39 is 5.41 Å². The highest BCUT2D eigenvalue weighted by Crippen LogP contribution is 2.48. The molecule has 6 nitrogen and oxygen atoms in total. The quantitative estimate of drug-likeness (QED) is 0.652. The minimum atomic E-state index is -0.542. The number of benzene rings is 1. The number of hydrogen-bond donors (Lipinski definition) is 0. The second-order valence-corrected chi connectivity index (χ2v) is 9.24. The zero-order valence-electron chi connectivity index (χ0n) is 18.8. The minimum absolute atomic E-state index is 0.0963. The number of likely N-dealkylation sites (tertiary alicyclic amines) is 1. The number of carbonyl (C=O) groups excluding carboxylic acids is 2. The Balaban J connectivity index is 1.43. The number of esters is 1. The molecule has 3 atom stereocenters. The summed E-state index contributed by atoms with van der Waals surface area (Å²) in [6.45, 7) is 7.08. The average Bonchev–Trinajstić information content (AvgIpc) is 2.83. The molecular formula is C25H36N2O4. The summed E-state index contributed by atoms with van der Waals surface area (Å²) < 4.78 is 11.1. The largest absolute Gasteiger partial charge is 0.466 e. The fourth-order valence-corrected chi connectivity index (χ4v) is 5.78. The van der Waals surface area contributed by atoms with Crippen molar-refractivity contribution in [3.63, 3.8) is 0 Å². The maximum Gasteiger partial charge on any atom is 0.314 e. The molecule has 2 heterocycles. The van der Waals surface area contributed by atoms with Crippen molar-refractivity contribution in [3.05, 3.63) is 35.9 Å². The topological polar surface area (TPSA) is 59.1 Å². The van der Waals surface area contributed by atoms with Gasteiger partial charge in [-0.3, -0.25) is 14.5 Å². The molecule has 1 amide bonds. The van der Waals surface area contributed by atoms with Crippen LogP contribution < -0.4 is 0 Å². The standard InChI is InChI=1S/C25H36N2O4/c1-2-31-24(29)25-12-10-22(26-14-16-30-17-15-26)18-21(25)11-13-27(19-25)23(28)9-8-20-6-4-3-5-7-20/h3-7,21-22H,2,8-19H2,1H3/t21-,22-,25-/m1/s1. The van der Waals surface area contributed by atoms with Crippen LogP contribution in [0.3, 0.4) is 0 Å². The third kappa shape index (κ3) is 4.96. The molecule has 3 aliphatic rings. The zero-order chi connectivity index (χ0) is 21.7. The van der Waals surface area contributed by atoms with Gasteiger partial charge in [0, 0.05) is 38.6 Å². The van der Waals surface area contributed by atoms with E-state index in [0.29, 0.717) is 25.6 Å². The van der Waals surface area contributed by atoms with Crippen molar-refractivity contribution in [2.45, 2.75) is 51.5 Å². The number of fused-ring (bicyclic) bond motifs is 1. The smallest absolute Gasteiger partial charge is 0.314 e. The molecule has 4 rings (SSSR count).